The summed E-state index contributed by atoms with van der Waals surface area (Å²) in [6.07, 6.45) is -0.326. The average Bonchev–Trinajstić information content (AvgIpc) is 2.83. The van der Waals surface area contributed by atoms with Crippen molar-refractivity contribution < 1.29 is 19.1 Å². The van der Waals surface area contributed by atoms with Crippen LogP contribution in [0, 0.1) is 0 Å². The Labute approximate surface area is 188 Å². The Morgan fingerprint density at radius 2 is 0.969 bits per heavy atom. The molecule has 0 unspecified atom stereocenters. The molecule has 0 aromatic heterocycles. The topological polar surface area (TPSA) is 76.7 Å². The first-order valence-electron chi connectivity index (χ1n) is 10.7. The minimum Gasteiger partial charge on any atom is -0.481 e. The predicted molar refractivity (Wildman–Crippen MR) is 126 cm³/mol. The van der Waals surface area contributed by atoms with Crippen molar-refractivity contribution in [1.29, 1.82) is 0 Å². The number of hydrogen-bond acceptors (Lipinski definition) is 4. The maximum absolute atomic E-state index is 12.8. The summed E-state index contributed by atoms with van der Waals surface area (Å²) in [5.74, 6) is 0.677. The zero-order valence-electron chi connectivity index (χ0n) is 18.3. The van der Waals surface area contributed by atoms with Gasteiger partial charge in [-0.25, -0.2) is 0 Å². The molecule has 32 heavy (non-hydrogen) atoms. The third-order valence-electron chi connectivity index (χ3n) is 4.81. The lowest BCUT2D eigenvalue weighted by Crippen LogP contribution is -2.34. The van der Waals surface area contributed by atoms with E-state index in [1.54, 1.807) is 24.3 Å². The van der Waals surface area contributed by atoms with E-state index in [0.29, 0.717) is 35.7 Å². The van der Waals surface area contributed by atoms with E-state index in [1.165, 1.54) is 0 Å². The highest BCUT2D eigenvalue weighted by atomic mass is 16.5. The largest absolute Gasteiger partial charge is 0.481 e. The van der Waals surface area contributed by atoms with Crippen molar-refractivity contribution in [2.24, 2.45) is 0 Å². The molecule has 0 aliphatic rings. The lowest BCUT2D eigenvalue weighted by molar-refractivity contribution is -0.123. The van der Waals surface area contributed by atoms with Crippen molar-refractivity contribution in [2.75, 3.05) is 10.6 Å². The fourth-order valence-corrected chi connectivity index (χ4v) is 3.10. The normalized spacial score (nSPS) is 12.3. The van der Waals surface area contributed by atoms with E-state index in [0.717, 1.165) is 0 Å². The zero-order valence-corrected chi connectivity index (χ0v) is 18.3. The molecule has 0 bridgehead atoms. The Hall–Kier alpha value is -3.80. The van der Waals surface area contributed by atoms with Crippen LogP contribution >= 0.6 is 0 Å². The highest BCUT2D eigenvalue weighted by Crippen LogP contribution is 2.23. The first-order valence-corrected chi connectivity index (χ1v) is 10.7. The van der Waals surface area contributed by atoms with E-state index >= 15 is 0 Å². The summed E-state index contributed by atoms with van der Waals surface area (Å²) in [7, 11) is 0. The number of amides is 2. The minimum atomic E-state index is -0.661. The standard InChI is InChI=1S/C26H28N2O4/c1-3-23(31-19-13-7-5-8-14-19)25(29)27-21-17-11-12-18-22(21)28-26(30)24(4-2)32-20-15-9-6-10-16-20/h5-18,23-24H,3-4H2,1-2H3,(H,27,29)(H,28,30)/t23-,24-/m0/s1. The van der Waals surface area contributed by atoms with E-state index in [4.69, 9.17) is 9.47 Å². The minimum absolute atomic E-state index is 0.286. The molecule has 0 saturated carbocycles. The second-order valence-electron chi connectivity index (χ2n) is 7.18. The quantitative estimate of drug-likeness (QED) is 0.457. The van der Waals surface area contributed by atoms with Crippen LogP contribution in [-0.2, 0) is 9.59 Å². The first kappa shape index (κ1) is 22.9. The first-order chi connectivity index (χ1) is 15.6. The van der Waals surface area contributed by atoms with E-state index < -0.39 is 12.2 Å². The number of carbonyl (C=O) groups is 2. The van der Waals surface area contributed by atoms with Crippen LogP contribution in [-0.4, -0.2) is 24.0 Å². The van der Waals surface area contributed by atoms with Gasteiger partial charge in [0.25, 0.3) is 11.8 Å². The van der Waals surface area contributed by atoms with E-state index in [-0.39, 0.29) is 11.8 Å². The molecule has 2 amide bonds. The molecule has 0 aliphatic heterocycles. The number of hydrogen-bond donors (Lipinski definition) is 2. The number of ether oxygens (including phenoxy) is 2. The maximum atomic E-state index is 12.8. The van der Waals surface area contributed by atoms with Gasteiger partial charge in [-0.1, -0.05) is 62.4 Å². The molecule has 0 radical (unpaired) electrons. The van der Waals surface area contributed by atoms with Crippen molar-refractivity contribution in [3.05, 3.63) is 84.9 Å². The molecule has 6 nitrogen and oxygen atoms in total. The summed E-state index contributed by atoms with van der Waals surface area (Å²) in [5, 5.41) is 5.75. The molecule has 2 atom stereocenters. The van der Waals surface area contributed by atoms with Gasteiger partial charge in [-0.2, -0.15) is 0 Å². The maximum Gasteiger partial charge on any atom is 0.265 e. The Kier molecular flexibility index (Phi) is 8.26. The fraction of sp³-hybridized carbons (Fsp3) is 0.231. The third kappa shape index (κ3) is 6.35. The van der Waals surface area contributed by atoms with Gasteiger partial charge in [0, 0.05) is 0 Å². The number of nitrogens with one attached hydrogen (secondary N) is 2. The molecule has 0 fully saturated rings. The van der Waals surface area contributed by atoms with Gasteiger partial charge in [0.05, 0.1) is 11.4 Å². The van der Waals surface area contributed by atoms with E-state index in [1.807, 2.05) is 74.5 Å². The molecule has 3 aromatic rings. The third-order valence-corrected chi connectivity index (χ3v) is 4.81. The molecule has 3 rings (SSSR count). The van der Waals surface area contributed by atoms with Gasteiger partial charge >= 0.3 is 0 Å². The number of carbonyl (C=O) groups excluding carboxylic acids is 2. The Bertz CT molecular complexity index is 926. The van der Waals surface area contributed by atoms with Crippen LogP contribution in [0.25, 0.3) is 0 Å². The average molecular weight is 433 g/mol. The van der Waals surface area contributed by atoms with Crippen molar-refractivity contribution >= 4 is 23.2 Å². The van der Waals surface area contributed by atoms with Crippen molar-refractivity contribution in [3.63, 3.8) is 0 Å². The predicted octanol–water partition coefficient (Wildman–Crippen LogP) is 5.28. The van der Waals surface area contributed by atoms with Crippen molar-refractivity contribution in [2.45, 2.75) is 38.9 Å². The summed E-state index contributed by atoms with van der Waals surface area (Å²) < 4.78 is 11.6. The number of anilines is 2. The van der Waals surface area contributed by atoms with Gasteiger partial charge in [0.1, 0.15) is 11.5 Å². The molecule has 0 saturated heterocycles. The summed E-state index contributed by atoms with van der Waals surface area (Å²) in [5.41, 5.74) is 0.992. The molecular formula is C26H28N2O4. The molecule has 0 aliphatic carbocycles. The summed E-state index contributed by atoms with van der Waals surface area (Å²) in [6, 6.07) is 25.5. The molecule has 0 spiro atoms. The van der Waals surface area contributed by atoms with Crippen LogP contribution in [0.3, 0.4) is 0 Å². The molecule has 166 valence electrons. The highest BCUT2D eigenvalue weighted by Gasteiger charge is 2.22. The van der Waals surface area contributed by atoms with Gasteiger partial charge in [-0.3, -0.25) is 9.59 Å². The Balaban J connectivity index is 1.68. The Morgan fingerprint density at radius 3 is 1.31 bits per heavy atom. The van der Waals surface area contributed by atoms with Gasteiger partial charge in [-0.05, 0) is 49.2 Å². The monoisotopic (exact) mass is 432 g/mol. The SMILES string of the molecule is CC[C@H](Oc1ccccc1)C(=O)Nc1ccccc1NC(=O)[C@H](CC)Oc1ccccc1. The van der Waals surface area contributed by atoms with E-state index in [9.17, 15) is 9.59 Å². The zero-order chi connectivity index (χ0) is 22.8. The highest BCUT2D eigenvalue weighted by molar-refractivity contribution is 6.02. The second-order valence-corrected chi connectivity index (χ2v) is 7.18. The lowest BCUT2D eigenvalue weighted by Gasteiger charge is -2.20. The summed E-state index contributed by atoms with van der Waals surface area (Å²) in [6.45, 7) is 3.77. The number of para-hydroxylation sites is 4. The van der Waals surface area contributed by atoms with Crippen LogP contribution in [0.2, 0.25) is 0 Å². The van der Waals surface area contributed by atoms with Crippen LogP contribution in [0.4, 0.5) is 11.4 Å². The van der Waals surface area contributed by atoms with Gasteiger partial charge < -0.3 is 20.1 Å². The second kappa shape index (κ2) is 11.6. The van der Waals surface area contributed by atoms with Gasteiger partial charge in [-0.15, -0.1) is 0 Å². The van der Waals surface area contributed by atoms with Gasteiger partial charge in [0.15, 0.2) is 12.2 Å². The molecule has 0 heterocycles. The summed E-state index contributed by atoms with van der Waals surface area (Å²) in [4.78, 5) is 25.7. The van der Waals surface area contributed by atoms with Crippen molar-refractivity contribution in [3.8, 4) is 11.5 Å². The molecular weight excluding hydrogens is 404 g/mol. The lowest BCUT2D eigenvalue weighted by atomic mass is 10.2. The Morgan fingerprint density at radius 1 is 0.625 bits per heavy atom. The van der Waals surface area contributed by atoms with E-state index in [2.05, 4.69) is 10.6 Å². The number of benzene rings is 3. The van der Waals surface area contributed by atoms with Gasteiger partial charge in [0.2, 0.25) is 0 Å². The van der Waals surface area contributed by atoms with Crippen LogP contribution in [0.15, 0.2) is 84.9 Å². The van der Waals surface area contributed by atoms with Crippen LogP contribution in [0.5, 0.6) is 11.5 Å². The molecule has 3 aromatic carbocycles. The smallest absolute Gasteiger partial charge is 0.265 e. The van der Waals surface area contributed by atoms with Crippen LogP contribution < -0.4 is 20.1 Å². The number of rotatable bonds is 10. The molecule has 2 N–H and O–H groups in total. The van der Waals surface area contributed by atoms with Crippen LogP contribution in [0.1, 0.15) is 26.7 Å². The fourth-order valence-electron chi connectivity index (χ4n) is 3.10. The summed E-state index contributed by atoms with van der Waals surface area (Å²) >= 11 is 0. The van der Waals surface area contributed by atoms with Crippen molar-refractivity contribution in [1.82, 2.24) is 0 Å². The molecule has 6 heteroatoms.